The lowest BCUT2D eigenvalue weighted by Gasteiger charge is -2.05. The molecule has 0 aliphatic heterocycles. The summed E-state index contributed by atoms with van der Waals surface area (Å²) in [4.78, 5) is 11.4. The number of nitrogens with zero attached hydrogens (tertiary/aromatic N) is 1. The number of hydrogen-bond donors (Lipinski definition) is 1. The van der Waals surface area contributed by atoms with Crippen LogP contribution in [0.4, 0.5) is 4.39 Å². The first kappa shape index (κ1) is 10.4. The summed E-state index contributed by atoms with van der Waals surface area (Å²) in [7, 11) is 0. The highest BCUT2D eigenvalue weighted by Crippen LogP contribution is 2.08. The Balaban J connectivity index is 3.19. The second kappa shape index (κ2) is 4.53. The summed E-state index contributed by atoms with van der Waals surface area (Å²) in [6.45, 7) is -0.309. The lowest BCUT2D eigenvalue weighted by atomic mass is 10.3. The molecule has 0 spiro atoms. The van der Waals surface area contributed by atoms with Gasteiger partial charge in [-0.25, -0.2) is 4.39 Å². The van der Waals surface area contributed by atoms with Crippen LogP contribution in [0.25, 0.3) is 0 Å². The number of nitrogens with two attached hydrogens (primary N) is 1. The van der Waals surface area contributed by atoms with E-state index in [9.17, 15) is 9.18 Å². The predicted molar refractivity (Wildman–Crippen MR) is 52.3 cm³/mol. The Morgan fingerprint density at radius 3 is 2.85 bits per heavy atom. The molecule has 0 aromatic carbocycles. The molecule has 0 unspecified atom stereocenters. The van der Waals surface area contributed by atoms with E-state index >= 15 is 0 Å². The smallest absolute Gasteiger partial charge is 0.255 e. The molecular formula is C8H10BrFN2O. The third-order valence-corrected chi connectivity index (χ3v) is 2.11. The molecule has 1 aromatic rings. The van der Waals surface area contributed by atoms with E-state index in [4.69, 9.17) is 5.73 Å². The van der Waals surface area contributed by atoms with Gasteiger partial charge in [0.05, 0.1) is 6.54 Å². The Morgan fingerprint density at radius 2 is 2.31 bits per heavy atom. The fraction of sp³-hybridized carbons (Fsp3) is 0.375. The molecular weight excluding hydrogens is 239 g/mol. The van der Waals surface area contributed by atoms with Crippen molar-refractivity contribution in [2.45, 2.75) is 13.1 Å². The van der Waals surface area contributed by atoms with Gasteiger partial charge in [0, 0.05) is 22.8 Å². The zero-order valence-electron chi connectivity index (χ0n) is 6.96. The molecule has 5 heteroatoms. The van der Waals surface area contributed by atoms with E-state index in [2.05, 4.69) is 15.9 Å². The summed E-state index contributed by atoms with van der Waals surface area (Å²) in [5.41, 5.74) is 5.63. The first-order chi connectivity index (χ1) is 6.19. The van der Waals surface area contributed by atoms with Crippen molar-refractivity contribution in [2.24, 2.45) is 5.73 Å². The summed E-state index contributed by atoms with van der Waals surface area (Å²) in [6, 6.07) is 1.65. The van der Waals surface area contributed by atoms with Gasteiger partial charge in [0.2, 0.25) is 0 Å². The SMILES string of the molecule is NCc1cc(Br)cn(CCF)c1=O. The molecule has 1 heterocycles. The lowest BCUT2D eigenvalue weighted by molar-refractivity contribution is 0.439. The number of aromatic nitrogens is 1. The number of halogens is 2. The zero-order chi connectivity index (χ0) is 9.84. The molecule has 3 nitrogen and oxygen atoms in total. The van der Waals surface area contributed by atoms with Gasteiger partial charge in [-0.05, 0) is 22.0 Å². The van der Waals surface area contributed by atoms with Crippen LogP contribution in [0.1, 0.15) is 5.56 Å². The van der Waals surface area contributed by atoms with Crippen molar-refractivity contribution in [3.63, 3.8) is 0 Å². The normalized spacial score (nSPS) is 10.4. The zero-order valence-corrected chi connectivity index (χ0v) is 8.55. The predicted octanol–water partition coefficient (Wildman–Crippen LogP) is 1.04. The number of pyridine rings is 1. The third kappa shape index (κ3) is 2.38. The summed E-state index contributed by atoms with van der Waals surface area (Å²) >= 11 is 3.22. The van der Waals surface area contributed by atoms with Crippen LogP contribution in [0.5, 0.6) is 0 Å². The van der Waals surface area contributed by atoms with Crippen molar-refractivity contribution in [3.05, 3.63) is 32.7 Å². The molecule has 72 valence electrons. The number of hydrogen-bond acceptors (Lipinski definition) is 2. The molecule has 13 heavy (non-hydrogen) atoms. The maximum Gasteiger partial charge on any atom is 0.255 e. The van der Waals surface area contributed by atoms with Gasteiger partial charge >= 0.3 is 0 Å². The Morgan fingerprint density at radius 1 is 1.62 bits per heavy atom. The van der Waals surface area contributed by atoms with Crippen LogP contribution in [0, 0.1) is 0 Å². The van der Waals surface area contributed by atoms with Crippen LogP contribution in [-0.2, 0) is 13.1 Å². The Hall–Kier alpha value is -0.680. The van der Waals surface area contributed by atoms with Crippen LogP contribution in [-0.4, -0.2) is 11.2 Å². The fourth-order valence-corrected chi connectivity index (χ4v) is 1.58. The van der Waals surface area contributed by atoms with Crippen molar-refractivity contribution in [2.75, 3.05) is 6.67 Å². The van der Waals surface area contributed by atoms with Crippen molar-refractivity contribution in [1.82, 2.24) is 4.57 Å². The van der Waals surface area contributed by atoms with Gasteiger partial charge in [0.1, 0.15) is 6.67 Å². The highest BCUT2D eigenvalue weighted by molar-refractivity contribution is 9.10. The monoisotopic (exact) mass is 248 g/mol. The molecule has 0 saturated heterocycles. The second-order valence-electron chi connectivity index (χ2n) is 2.58. The van der Waals surface area contributed by atoms with Crippen molar-refractivity contribution < 1.29 is 4.39 Å². The quantitative estimate of drug-likeness (QED) is 0.869. The Labute approximate surface area is 83.5 Å². The number of rotatable bonds is 3. The highest BCUT2D eigenvalue weighted by atomic mass is 79.9. The topological polar surface area (TPSA) is 48.0 Å². The van der Waals surface area contributed by atoms with Gasteiger partial charge in [0.15, 0.2) is 0 Å². The van der Waals surface area contributed by atoms with E-state index in [1.165, 1.54) is 4.57 Å². The Kier molecular flexibility index (Phi) is 3.62. The number of aryl methyl sites for hydroxylation is 1. The van der Waals surface area contributed by atoms with Gasteiger partial charge in [-0.1, -0.05) is 0 Å². The molecule has 1 aromatic heterocycles. The standard InChI is InChI=1S/C8H10BrFN2O/c9-7-3-6(4-11)8(13)12(5-7)2-1-10/h3,5H,1-2,4,11H2. The third-order valence-electron chi connectivity index (χ3n) is 1.67. The van der Waals surface area contributed by atoms with Gasteiger partial charge in [-0.15, -0.1) is 0 Å². The van der Waals surface area contributed by atoms with Crippen LogP contribution in [0.15, 0.2) is 21.5 Å². The molecule has 0 atom stereocenters. The van der Waals surface area contributed by atoms with E-state index in [0.29, 0.717) is 5.56 Å². The molecule has 0 amide bonds. The van der Waals surface area contributed by atoms with Crippen LogP contribution in [0.3, 0.4) is 0 Å². The van der Waals surface area contributed by atoms with E-state index in [1.807, 2.05) is 0 Å². The summed E-state index contributed by atoms with van der Waals surface area (Å²) in [5.74, 6) is 0. The molecule has 0 radical (unpaired) electrons. The fourth-order valence-electron chi connectivity index (χ4n) is 1.06. The van der Waals surface area contributed by atoms with Crippen LogP contribution >= 0.6 is 15.9 Å². The maximum atomic E-state index is 12.0. The second-order valence-corrected chi connectivity index (χ2v) is 3.49. The van der Waals surface area contributed by atoms with Crippen LogP contribution < -0.4 is 11.3 Å². The molecule has 0 aliphatic rings. The largest absolute Gasteiger partial charge is 0.326 e. The molecule has 2 N–H and O–H groups in total. The average Bonchev–Trinajstić information content (AvgIpc) is 2.11. The number of alkyl halides is 1. The summed E-state index contributed by atoms with van der Waals surface area (Å²) in [6.07, 6.45) is 1.56. The highest BCUT2D eigenvalue weighted by Gasteiger charge is 2.03. The van der Waals surface area contributed by atoms with Crippen molar-refractivity contribution in [3.8, 4) is 0 Å². The van der Waals surface area contributed by atoms with Crippen molar-refractivity contribution in [1.29, 1.82) is 0 Å². The molecule has 0 bridgehead atoms. The minimum Gasteiger partial charge on any atom is -0.326 e. The average molecular weight is 249 g/mol. The maximum absolute atomic E-state index is 12.0. The van der Waals surface area contributed by atoms with E-state index < -0.39 is 6.67 Å². The van der Waals surface area contributed by atoms with E-state index in [-0.39, 0.29) is 18.6 Å². The molecule has 0 aliphatic carbocycles. The van der Waals surface area contributed by atoms with E-state index in [0.717, 1.165) is 4.47 Å². The first-order valence-corrected chi connectivity index (χ1v) is 4.63. The lowest BCUT2D eigenvalue weighted by Crippen LogP contribution is -2.25. The van der Waals surface area contributed by atoms with Gasteiger partial charge in [-0.2, -0.15) is 0 Å². The Bertz CT molecular complexity index is 350. The van der Waals surface area contributed by atoms with Crippen LogP contribution in [0.2, 0.25) is 0 Å². The first-order valence-electron chi connectivity index (χ1n) is 3.84. The molecule has 0 fully saturated rings. The van der Waals surface area contributed by atoms with Gasteiger partial charge in [-0.3, -0.25) is 4.79 Å². The minimum absolute atomic E-state index is 0.0747. The summed E-state index contributed by atoms with van der Waals surface area (Å²) in [5, 5.41) is 0. The van der Waals surface area contributed by atoms with Gasteiger partial charge in [0.25, 0.3) is 5.56 Å². The van der Waals surface area contributed by atoms with E-state index in [1.54, 1.807) is 12.3 Å². The van der Waals surface area contributed by atoms with Gasteiger partial charge < -0.3 is 10.3 Å². The molecule has 0 saturated carbocycles. The molecule has 1 rings (SSSR count). The summed E-state index contributed by atoms with van der Waals surface area (Å²) < 4.78 is 14.1. The van der Waals surface area contributed by atoms with Crippen molar-refractivity contribution >= 4 is 15.9 Å². The minimum atomic E-state index is -0.555.